The summed E-state index contributed by atoms with van der Waals surface area (Å²) in [5, 5.41) is 0. The third-order valence-corrected chi connectivity index (χ3v) is 3.33. The van der Waals surface area contributed by atoms with Gasteiger partial charge in [-0.15, -0.1) is 0 Å². The number of likely N-dealkylation sites (tertiary alicyclic amines) is 1. The van der Waals surface area contributed by atoms with E-state index >= 15 is 0 Å². The summed E-state index contributed by atoms with van der Waals surface area (Å²) < 4.78 is 0. The number of pyridine rings is 1. The van der Waals surface area contributed by atoms with Gasteiger partial charge in [-0.2, -0.15) is 0 Å². The van der Waals surface area contributed by atoms with Crippen molar-refractivity contribution in [2.24, 2.45) is 11.7 Å². The molecule has 0 aliphatic carbocycles. The summed E-state index contributed by atoms with van der Waals surface area (Å²) in [5.74, 6) is -0.349. The molecule has 0 unspecified atom stereocenters. The predicted octanol–water partition coefficient (Wildman–Crippen LogP) is 0.728. The molecule has 1 aliphatic rings. The number of hydrogen-bond acceptors (Lipinski definition) is 3. The Morgan fingerprint density at radius 2 is 2.06 bits per heavy atom. The highest BCUT2D eigenvalue weighted by atomic mass is 16.2. The highest BCUT2D eigenvalue weighted by Crippen LogP contribution is 2.18. The zero-order chi connectivity index (χ0) is 13.1. The normalized spacial score (nSPS) is 16.6. The summed E-state index contributed by atoms with van der Waals surface area (Å²) >= 11 is 0. The molecular formula is C13H17N3O2. The fourth-order valence-corrected chi connectivity index (χ4v) is 2.23. The average molecular weight is 247 g/mol. The number of piperidine rings is 1. The van der Waals surface area contributed by atoms with E-state index < -0.39 is 0 Å². The fourth-order valence-electron chi connectivity index (χ4n) is 2.23. The second kappa shape index (κ2) is 5.16. The molecule has 0 aromatic carbocycles. The second-order valence-electron chi connectivity index (χ2n) is 4.65. The summed E-state index contributed by atoms with van der Waals surface area (Å²) in [5.41, 5.74) is 6.75. The van der Waals surface area contributed by atoms with Gasteiger partial charge in [0, 0.05) is 36.5 Å². The molecule has 2 heterocycles. The predicted molar refractivity (Wildman–Crippen MR) is 66.8 cm³/mol. The van der Waals surface area contributed by atoms with Gasteiger partial charge < -0.3 is 10.6 Å². The Bertz CT molecular complexity index is 465. The van der Waals surface area contributed by atoms with Gasteiger partial charge in [0.15, 0.2) is 0 Å². The van der Waals surface area contributed by atoms with Crippen molar-refractivity contribution in [1.29, 1.82) is 0 Å². The van der Waals surface area contributed by atoms with Crippen LogP contribution in [0.2, 0.25) is 0 Å². The first-order valence-corrected chi connectivity index (χ1v) is 6.09. The first kappa shape index (κ1) is 12.5. The first-order valence-electron chi connectivity index (χ1n) is 6.09. The van der Waals surface area contributed by atoms with Gasteiger partial charge in [-0.05, 0) is 31.9 Å². The molecule has 1 saturated heterocycles. The van der Waals surface area contributed by atoms with Crippen molar-refractivity contribution in [3.63, 3.8) is 0 Å². The maximum atomic E-state index is 12.2. The van der Waals surface area contributed by atoms with Crippen LogP contribution in [0.4, 0.5) is 0 Å². The lowest BCUT2D eigenvalue weighted by Crippen LogP contribution is -2.41. The number of aryl methyl sites for hydroxylation is 1. The topological polar surface area (TPSA) is 76.3 Å². The summed E-state index contributed by atoms with van der Waals surface area (Å²) in [6.07, 6.45) is 2.95. The Morgan fingerprint density at radius 3 is 2.61 bits per heavy atom. The molecule has 96 valence electrons. The zero-order valence-electron chi connectivity index (χ0n) is 10.4. The van der Waals surface area contributed by atoms with Gasteiger partial charge in [-0.1, -0.05) is 0 Å². The van der Waals surface area contributed by atoms with Crippen molar-refractivity contribution in [2.75, 3.05) is 13.1 Å². The van der Waals surface area contributed by atoms with Gasteiger partial charge in [0.05, 0.1) is 0 Å². The molecule has 0 atom stereocenters. The van der Waals surface area contributed by atoms with Gasteiger partial charge in [0.1, 0.15) is 0 Å². The minimum atomic E-state index is -0.262. The van der Waals surface area contributed by atoms with Gasteiger partial charge in [0.2, 0.25) is 5.91 Å². The van der Waals surface area contributed by atoms with Crippen molar-refractivity contribution in [3.05, 3.63) is 29.6 Å². The summed E-state index contributed by atoms with van der Waals surface area (Å²) in [4.78, 5) is 29.1. The van der Waals surface area contributed by atoms with E-state index in [0.717, 1.165) is 5.69 Å². The number of carbonyl (C=O) groups excluding carboxylic acids is 2. The van der Waals surface area contributed by atoms with Crippen molar-refractivity contribution in [3.8, 4) is 0 Å². The molecule has 0 radical (unpaired) electrons. The highest BCUT2D eigenvalue weighted by Gasteiger charge is 2.26. The number of primary amides is 1. The number of carbonyl (C=O) groups is 2. The van der Waals surface area contributed by atoms with Crippen LogP contribution in [0.5, 0.6) is 0 Å². The zero-order valence-corrected chi connectivity index (χ0v) is 10.4. The minimum absolute atomic E-state index is 0.00317. The largest absolute Gasteiger partial charge is 0.369 e. The lowest BCUT2D eigenvalue weighted by atomic mass is 9.96. The van der Waals surface area contributed by atoms with Crippen LogP contribution in [-0.2, 0) is 4.79 Å². The number of aromatic nitrogens is 1. The van der Waals surface area contributed by atoms with Crippen molar-refractivity contribution >= 4 is 11.8 Å². The molecule has 2 amide bonds. The van der Waals surface area contributed by atoms with E-state index in [1.165, 1.54) is 0 Å². The van der Waals surface area contributed by atoms with E-state index in [-0.39, 0.29) is 17.7 Å². The fraction of sp³-hybridized carbons (Fsp3) is 0.462. The van der Waals surface area contributed by atoms with E-state index in [9.17, 15) is 9.59 Å². The van der Waals surface area contributed by atoms with Crippen molar-refractivity contribution < 1.29 is 9.59 Å². The average Bonchev–Trinajstić information content (AvgIpc) is 2.38. The van der Waals surface area contributed by atoms with Gasteiger partial charge in [-0.25, -0.2) is 0 Å². The molecule has 1 aromatic rings. The molecule has 0 bridgehead atoms. The van der Waals surface area contributed by atoms with E-state index in [1.807, 2.05) is 6.92 Å². The number of hydrogen-bond donors (Lipinski definition) is 1. The highest BCUT2D eigenvalue weighted by molar-refractivity contribution is 5.94. The van der Waals surface area contributed by atoms with Crippen LogP contribution in [-0.4, -0.2) is 34.8 Å². The molecule has 2 rings (SSSR count). The number of nitrogens with two attached hydrogens (primary N) is 1. The smallest absolute Gasteiger partial charge is 0.253 e. The van der Waals surface area contributed by atoms with E-state index in [0.29, 0.717) is 31.5 Å². The van der Waals surface area contributed by atoms with Gasteiger partial charge >= 0.3 is 0 Å². The third kappa shape index (κ3) is 2.67. The van der Waals surface area contributed by atoms with Gasteiger partial charge in [-0.3, -0.25) is 14.6 Å². The second-order valence-corrected chi connectivity index (χ2v) is 4.65. The Hall–Kier alpha value is -1.91. The number of nitrogens with zero attached hydrogens (tertiary/aromatic N) is 2. The van der Waals surface area contributed by atoms with E-state index in [1.54, 1.807) is 23.2 Å². The summed E-state index contributed by atoms with van der Waals surface area (Å²) in [6, 6.07) is 3.50. The molecule has 5 nitrogen and oxygen atoms in total. The van der Waals surface area contributed by atoms with Crippen LogP contribution >= 0.6 is 0 Å². The maximum Gasteiger partial charge on any atom is 0.253 e. The molecule has 18 heavy (non-hydrogen) atoms. The van der Waals surface area contributed by atoms with Crippen LogP contribution in [0, 0.1) is 12.8 Å². The van der Waals surface area contributed by atoms with Crippen LogP contribution in [0.3, 0.4) is 0 Å². The SMILES string of the molecule is Cc1cc(C(=O)N2CCC(C(N)=O)CC2)ccn1. The molecule has 0 spiro atoms. The Kier molecular flexibility index (Phi) is 3.60. The number of amides is 2. The first-order chi connectivity index (χ1) is 8.58. The lowest BCUT2D eigenvalue weighted by molar-refractivity contribution is -0.123. The lowest BCUT2D eigenvalue weighted by Gasteiger charge is -2.30. The molecule has 1 aromatic heterocycles. The van der Waals surface area contributed by atoms with Crippen molar-refractivity contribution in [1.82, 2.24) is 9.88 Å². The Labute approximate surface area is 106 Å². The molecule has 1 aliphatic heterocycles. The van der Waals surface area contributed by atoms with Crippen LogP contribution < -0.4 is 5.73 Å². The third-order valence-electron chi connectivity index (χ3n) is 3.33. The van der Waals surface area contributed by atoms with Crippen LogP contribution in [0.15, 0.2) is 18.3 Å². The standard InChI is InChI=1S/C13H17N3O2/c1-9-8-11(2-5-15-9)13(18)16-6-3-10(4-7-16)12(14)17/h2,5,8,10H,3-4,6-7H2,1H3,(H2,14,17). The van der Waals surface area contributed by atoms with E-state index in [2.05, 4.69) is 4.98 Å². The molecule has 1 fully saturated rings. The number of rotatable bonds is 2. The molecule has 2 N–H and O–H groups in total. The molecular weight excluding hydrogens is 230 g/mol. The maximum absolute atomic E-state index is 12.2. The summed E-state index contributed by atoms with van der Waals surface area (Å²) in [6.45, 7) is 3.04. The van der Waals surface area contributed by atoms with Crippen LogP contribution in [0.25, 0.3) is 0 Å². The monoisotopic (exact) mass is 247 g/mol. The van der Waals surface area contributed by atoms with Crippen LogP contribution in [0.1, 0.15) is 28.9 Å². The minimum Gasteiger partial charge on any atom is -0.369 e. The molecule has 0 saturated carbocycles. The van der Waals surface area contributed by atoms with E-state index in [4.69, 9.17) is 5.73 Å². The summed E-state index contributed by atoms with van der Waals surface area (Å²) in [7, 11) is 0. The quantitative estimate of drug-likeness (QED) is 0.837. The van der Waals surface area contributed by atoms with Gasteiger partial charge in [0.25, 0.3) is 5.91 Å². The Balaban J connectivity index is 2.02. The Morgan fingerprint density at radius 1 is 1.39 bits per heavy atom. The molecule has 5 heteroatoms. The van der Waals surface area contributed by atoms with Crippen molar-refractivity contribution in [2.45, 2.75) is 19.8 Å².